The van der Waals surface area contributed by atoms with Gasteiger partial charge in [0.15, 0.2) is 0 Å². The van der Waals surface area contributed by atoms with Crippen molar-refractivity contribution < 1.29 is 4.39 Å². The van der Waals surface area contributed by atoms with Crippen molar-refractivity contribution in [3.8, 4) is 0 Å². The number of benzene rings is 1. The smallest absolute Gasteiger partial charge is 0.124 e. The van der Waals surface area contributed by atoms with Gasteiger partial charge >= 0.3 is 0 Å². The number of nitrogens with zero attached hydrogens (tertiary/aromatic N) is 1. The van der Waals surface area contributed by atoms with Crippen LogP contribution in [0.15, 0.2) is 52.5 Å². The van der Waals surface area contributed by atoms with Crippen molar-refractivity contribution in [1.82, 2.24) is 10.3 Å². The Bertz CT molecular complexity index is 488. The van der Waals surface area contributed by atoms with Gasteiger partial charge in [0.1, 0.15) is 5.82 Å². The molecule has 0 fully saturated rings. The second-order valence-electron chi connectivity index (χ2n) is 3.61. The number of aromatic nitrogens is 1. The normalized spacial score (nSPS) is 10.5. The quantitative estimate of drug-likeness (QED) is 0.900. The molecule has 0 aliphatic rings. The first-order valence-electron chi connectivity index (χ1n) is 5.30. The van der Waals surface area contributed by atoms with E-state index in [0.717, 1.165) is 15.4 Å². The van der Waals surface area contributed by atoms with Crippen molar-refractivity contribution in [1.29, 1.82) is 0 Å². The van der Waals surface area contributed by atoms with Gasteiger partial charge in [0.05, 0.1) is 0 Å². The van der Waals surface area contributed by atoms with Gasteiger partial charge in [-0.2, -0.15) is 0 Å². The molecule has 1 N–H and O–H groups in total. The molecule has 0 atom stereocenters. The molecular formula is C13H13FN2S. The fraction of sp³-hybridized carbons (Fsp3) is 0.154. The highest BCUT2D eigenvalue weighted by atomic mass is 32.2. The first kappa shape index (κ1) is 12.1. The van der Waals surface area contributed by atoms with Crippen LogP contribution in [0.4, 0.5) is 4.39 Å². The maximum absolute atomic E-state index is 13.4. The predicted molar refractivity (Wildman–Crippen MR) is 67.5 cm³/mol. The number of nitrogens with one attached hydrogen (secondary N) is 1. The van der Waals surface area contributed by atoms with E-state index >= 15 is 0 Å². The molecule has 1 aromatic carbocycles. The molecule has 1 heterocycles. The molecule has 4 heteroatoms. The lowest BCUT2D eigenvalue weighted by Crippen LogP contribution is -2.05. The Labute approximate surface area is 104 Å². The highest BCUT2D eigenvalue weighted by molar-refractivity contribution is 7.99. The van der Waals surface area contributed by atoms with E-state index in [9.17, 15) is 4.39 Å². The summed E-state index contributed by atoms with van der Waals surface area (Å²) in [5.41, 5.74) is 0.948. The summed E-state index contributed by atoms with van der Waals surface area (Å²) < 4.78 is 13.4. The highest BCUT2D eigenvalue weighted by Crippen LogP contribution is 2.28. The highest BCUT2D eigenvalue weighted by Gasteiger charge is 2.02. The summed E-state index contributed by atoms with van der Waals surface area (Å²) in [6.45, 7) is 0.668. The molecule has 88 valence electrons. The molecule has 0 amide bonds. The number of hydrogen-bond donors (Lipinski definition) is 1. The molecule has 0 spiro atoms. The van der Waals surface area contributed by atoms with Crippen LogP contribution in [-0.2, 0) is 6.54 Å². The van der Waals surface area contributed by atoms with E-state index in [4.69, 9.17) is 0 Å². The third-order valence-corrected chi connectivity index (χ3v) is 3.18. The van der Waals surface area contributed by atoms with Gasteiger partial charge in [-0.3, -0.25) is 4.98 Å². The van der Waals surface area contributed by atoms with Crippen molar-refractivity contribution in [2.45, 2.75) is 16.3 Å². The third-order valence-electron chi connectivity index (χ3n) is 2.20. The van der Waals surface area contributed by atoms with Gasteiger partial charge in [-0.05, 0) is 42.9 Å². The lowest BCUT2D eigenvalue weighted by atomic mass is 10.2. The van der Waals surface area contributed by atoms with E-state index in [0.29, 0.717) is 6.54 Å². The largest absolute Gasteiger partial charge is 0.316 e. The van der Waals surface area contributed by atoms with Crippen LogP contribution in [0.3, 0.4) is 0 Å². The predicted octanol–water partition coefficient (Wildman–Crippen LogP) is 3.09. The lowest BCUT2D eigenvalue weighted by Gasteiger charge is -2.05. The van der Waals surface area contributed by atoms with Crippen LogP contribution in [0.25, 0.3) is 0 Å². The van der Waals surface area contributed by atoms with E-state index in [2.05, 4.69) is 10.3 Å². The first-order valence-corrected chi connectivity index (χ1v) is 6.11. The van der Waals surface area contributed by atoms with Crippen LogP contribution in [-0.4, -0.2) is 12.0 Å². The molecule has 0 aliphatic heterocycles. The van der Waals surface area contributed by atoms with Crippen LogP contribution < -0.4 is 5.32 Å². The molecule has 2 aromatic rings. The van der Waals surface area contributed by atoms with E-state index in [1.807, 2.05) is 25.2 Å². The molecule has 17 heavy (non-hydrogen) atoms. The standard InChI is InChI=1S/C13H13FN2S/c1-15-9-10-6-11(14)8-13(7-10)17-12-2-4-16-5-3-12/h2-8,15H,9H2,1H3. The van der Waals surface area contributed by atoms with Gasteiger partial charge in [0.25, 0.3) is 0 Å². The van der Waals surface area contributed by atoms with E-state index in [1.54, 1.807) is 24.5 Å². The molecule has 0 saturated carbocycles. The Kier molecular flexibility index (Phi) is 4.12. The monoisotopic (exact) mass is 248 g/mol. The SMILES string of the molecule is CNCc1cc(F)cc(Sc2ccncc2)c1. The van der Waals surface area contributed by atoms with Crippen LogP contribution in [0.5, 0.6) is 0 Å². The zero-order valence-corrected chi connectivity index (χ0v) is 10.3. The van der Waals surface area contributed by atoms with E-state index in [1.165, 1.54) is 11.8 Å². The maximum atomic E-state index is 13.4. The number of rotatable bonds is 4. The molecule has 2 nitrogen and oxygen atoms in total. The minimum absolute atomic E-state index is 0.200. The average molecular weight is 248 g/mol. The fourth-order valence-corrected chi connectivity index (χ4v) is 2.44. The maximum Gasteiger partial charge on any atom is 0.124 e. The van der Waals surface area contributed by atoms with Crippen molar-refractivity contribution in [2.75, 3.05) is 7.05 Å². The zero-order valence-electron chi connectivity index (χ0n) is 9.48. The van der Waals surface area contributed by atoms with Crippen molar-refractivity contribution in [3.63, 3.8) is 0 Å². The molecule has 0 unspecified atom stereocenters. The zero-order chi connectivity index (χ0) is 12.1. The Balaban J connectivity index is 2.21. The Morgan fingerprint density at radius 1 is 1.18 bits per heavy atom. The second-order valence-corrected chi connectivity index (χ2v) is 4.76. The average Bonchev–Trinajstić information content (AvgIpc) is 2.30. The summed E-state index contributed by atoms with van der Waals surface area (Å²) >= 11 is 1.53. The molecule has 1 aromatic heterocycles. The van der Waals surface area contributed by atoms with Crippen molar-refractivity contribution in [3.05, 3.63) is 54.1 Å². The summed E-state index contributed by atoms with van der Waals surface area (Å²) in [4.78, 5) is 5.91. The molecule has 0 aliphatic carbocycles. The molecular weight excluding hydrogens is 235 g/mol. The summed E-state index contributed by atoms with van der Waals surface area (Å²) in [6.07, 6.45) is 3.46. The van der Waals surface area contributed by atoms with Crippen LogP contribution >= 0.6 is 11.8 Å². The number of pyridine rings is 1. The topological polar surface area (TPSA) is 24.9 Å². The summed E-state index contributed by atoms with van der Waals surface area (Å²) in [5, 5.41) is 3.02. The van der Waals surface area contributed by atoms with Gasteiger partial charge in [-0.15, -0.1) is 0 Å². The summed E-state index contributed by atoms with van der Waals surface area (Å²) in [6, 6.07) is 8.91. The van der Waals surface area contributed by atoms with E-state index in [-0.39, 0.29) is 5.82 Å². The van der Waals surface area contributed by atoms with Gasteiger partial charge in [-0.1, -0.05) is 11.8 Å². The molecule has 0 bridgehead atoms. The first-order chi connectivity index (χ1) is 8.28. The fourth-order valence-electron chi connectivity index (χ4n) is 1.53. The van der Waals surface area contributed by atoms with E-state index < -0.39 is 0 Å². The Morgan fingerprint density at radius 3 is 2.65 bits per heavy atom. The van der Waals surface area contributed by atoms with Crippen LogP contribution in [0, 0.1) is 5.82 Å². The summed E-state index contributed by atoms with van der Waals surface area (Å²) in [5.74, 6) is -0.200. The number of hydrogen-bond acceptors (Lipinski definition) is 3. The molecule has 2 rings (SSSR count). The van der Waals surface area contributed by atoms with Gasteiger partial charge in [-0.25, -0.2) is 4.39 Å². The van der Waals surface area contributed by atoms with Crippen LogP contribution in [0.2, 0.25) is 0 Å². The lowest BCUT2D eigenvalue weighted by molar-refractivity contribution is 0.619. The molecule has 0 saturated heterocycles. The minimum atomic E-state index is -0.200. The van der Waals surface area contributed by atoms with Crippen molar-refractivity contribution in [2.24, 2.45) is 0 Å². The second kappa shape index (κ2) is 5.80. The third kappa shape index (κ3) is 3.54. The minimum Gasteiger partial charge on any atom is -0.316 e. The van der Waals surface area contributed by atoms with Gasteiger partial charge in [0, 0.05) is 28.7 Å². The van der Waals surface area contributed by atoms with Gasteiger partial charge < -0.3 is 5.32 Å². The Hall–Kier alpha value is -1.39. The van der Waals surface area contributed by atoms with Gasteiger partial charge in [0.2, 0.25) is 0 Å². The summed E-state index contributed by atoms with van der Waals surface area (Å²) in [7, 11) is 1.85. The number of halogens is 1. The van der Waals surface area contributed by atoms with Crippen molar-refractivity contribution >= 4 is 11.8 Å². The molecule has 0 radical (unpaired) electrons. The van der Waals surface area contributed by atoms with Crippen LogP contribution in [0.1, 0.15) is 5.56 Å². The Morgan fingerprint density at radius 2 is 1.94 bits per heavy atom.